The van der Waals surface area contributed by atoms with E-state index < -0.39 is 6.10 Å². The SMILES string of the molecule is N=c1sc2ccccc2n1CC(O)c1ccc(Cl)c(Cl)c1.[Br-]. The zero-order chi connectivity index (χ0) is 15.0. The van der Waals surface area contributed by atoms with E-state index in [1.165, 1.54) is 11.3 Å². The molecule has 7 heteroatoms. The van der Waals surface area contributed by atoms with Crippen LogP contribution >= 0.6 is 34.5 Å². The molecule has 2 aromatic carbocycles. The predicted octanol–water partition coefficient (Wildman–Crippen LogP) is 1.23. The fourth-order valence-electron chi connectivity index (χ4n) is 2.21. The lowest BCUT2D eigenvalue weighted by atomic mass is 10.1. The Labute approximate surface area is 152 Å². The van der Waals surface area contributed by atoms with E-state index in [-0.39, 0.29) is 17.0 Å². The van der Waals surface area contributed by atoms with Crippen LogP contribution < -0.4 is 21.8 Å². The first-order chi connectivity index (χ1) is 10.1. The van der Waals surface area contributed by atoms with Crippen LogP contribution in [0.4, 0.5) is 0 Å². The number of halogens is 3. The second-order valence-corrected chi connectivity index (χ2v) is 6.52. The van der Waals surface area contributed by atoms with E-state index in [9.17, 15) is 5.11 Å². The van der Waals surface area contributed by atoms with Crippen molar-refractivity contribution < 1.29 is 22.1 Å². The Hall–Kier alpha value is -0.850. The van der Waals surface area contributed by atoms with E-state index in [1.54, 1.807) is 22.8 Å². The molecule has 0 bridgehead atoms. The first kappa shape index (κ1) is 17.5. The van der Waals surface area contributed by atoms with Crippen molar-refractivity contribution in [1.29, 1.82) is 5.41 Å². The highest BCUT2D eigenvalue weighted by atomic mass is 79.9. The second kappa shape index (κ2) is 7.15. The molecule has 1 heterocycles. The molecule has 0 amide bonds. The normalized spacial score (nSPS) is 12.1. The zero-order valence-electron chi connectivity index (χ0n) is 11.3. The summed E-state index contributed by atoms with van der Waals surface area (Å²) in [5, 5.41) is 19.3. The van der Waals surface area contributed by atoms with Gasteiger partial charge in [0.25, 0.3) is 0 Å². The van der Waals surface area contributed by atoms with E-state index in [4.69, 9.17) is 28.6 Å². The molecule has 1 unspecified atom stereocenters. The highest BCUT2D eigenvalue weighted by molar-refractivity contribution is 7.16. The molecule has 0 aliphatic heterocycles. The van der Waals surface area contributed by atoms with E-state index in [0.717, 1.165) is 10.2 Å². The van der Waals surface area contributed by atoms with Gasteiger partial charge in [-0.25, -0.2) is 0 Å². The van der Waals surface area contributed by atoms with Gasteiger partial charge in [-0.05, 0) is 29.8 Å². The Kier molecular flexibility index (Phi) is 5.69. The van der Waals surface area contributed by atoms with Crippen molar-refractivity contribution in [3.8, 4) is 0 Å². The van der Waals surface area contributed by atoms with Crippen molar-refractivity contribution >= 4 is 44.8 Å². The van der Waals surface area contributed by atoms with Crippen molar-refractivity contribution in [2.24, 2.45) is 0 Å². The molecule has 0 saturated carbocycles. The van der Waals surface area contributed by atoms with Gasteiger partial charge in [0.2, 0.25) is 0 Å². The topological polar surface area (TPSA) is 49.0 Å². The van der Waals surface area contributed by atoms with Crippen molar-refractivity contribution in [1.82, 2.24) is 4.57 Å². The third kappa shape index (κ3) is 3.39. The summed E-state index contributed by atoms with van der Waals surface area (Å²) in [6.07, 6.45) is -0.744. The van der Waals surface area contributed by atoms with Crippen molar-refractivity contribution in [2.75, 3.05) is 0 Å². The van der Waals surface area contributed by atoms with Crippen molar-refractivity contribution in [2.45, 2.75) is 12.6 Å². The number of thiazole rings is 1. The maximum atomic E-state index is 10.4. The molecular weight excluding hydrogens is 407 g/mol. The maximum Gasteiger partial charge on any atom is 0.183 e. The van der Waals surface area contributed by atoms with Gasteiger partial charge in [-0.15, -0.1) is 0 Å². The van der Waals surface area contributed by atoms with Gasteiger partial charge in [0.1, 0.15) is 0 Å². The number of rotatable bonds is 3. The predicted molar refractivity (Wildman–Crippen MR) is 87.1 cm³/mol. The van der Waals surface area contributed by atoms with Crippen LogP contribution in [0.3, 0.4) is 0 Å². The molecule has 0 radical (unpaired) electrons. The van der Waals surface area contributed by atoms with Crippen LogP contribution in [-0.4, -0.2) is 9.67 Å². The summed E-state index contributed by atoms with van der Waals surface area (Å²) in [6.45, 7) is 0.306. The summed E-state index contributed by atoms with van der Waals surface area (Å²) >= 11 is 13.3. The Balaban J connectivity index is 0.00000176. The first-order valence-corrected chi connectivity index (χ1v) is 7.89. The van der Waals surface area contributed by atoms with Crippen LogP contribution in [0.2, 0.25) is 10.0 Å². The van der Waals surface area contributed by atoms with Gasteiger partial charge in [0.15, 0.2) is 4.80 Å². The quantitative estimate of drug-likeness (QED) is 0.660. The lowest BCUT2D eigenvalue weighted by Crippen LogP contribution is -3.00. The average molecular weight is 419 g/mol. The van der Waals surface area contributed by atoms with Crippen LogP contribution in [-0.2, 0) is 6.54 Å². The third-order valence-electron chi connectivity index (χ3n) is 3.29. The smallest absolute Gasteiger partial charge is 0.183 e. The minimum Gasteiger partial charge on any atom is -1.00 e. The molecule has 2 N–H and O–H groups in total. The summed E-state index contributed by atoms with van der Waals surface area (Å²) in [7, 11) is 0. The fraction of sp³-hybridized carbons (Fsp3) is 0.133. The number of nitrogens with zero attached hydrogens (tertiary/aromatic N) is 1. The highest BCUT2D eigenvalue weighted by Crippen LogP contribution is 2.27. The Bertz CT molecular complexity index is 862. The number of aromatic nitrogens is 1. The van der Waals surface area contributed by atoms with E-state index in [1.807, 2.05) is 24.3 Å². The number of fused-ring (bicyclic) bond motifs is 1. The van der Waals surface area contributed by atoms with Gasteiger partial charge < -0.3 is 26.7 Å². The van der Waals surface area contributed by atoms with E-state index in [0.29, 0.717) is 27.0 Å². The van der Waals surface area contributed by atoms with Gasteiger partial charge in [-0.1, -0.05) is 52.7 Å². The molecule has 3 rings (SSSR count). The molecule has 1 aromatic heterocycles. The summed E-state index contributed by atoms with van der Waals surface area (Å²) in [6, 6.07) is 12.9. The van der Waals surface area contributed by atoms with Crippen LogP contribution in [0.15, 0.2) is 42.5 Å². The summed E-state index contributed by atoms with van der Waals surface area (Å²) < 4.78 is 2.83. The Morgan fingerprint density at radius 3 is 2.59 bits per heavy atom. The number of benzene rings is 2. The molecule has 0 spiro atoms. The monoisotopic (exact) mass is 417 g/mol. The van der Waals surface area contributed by atoms with Gasteiger partial charge in [0, 0.05) is 0 Å². The molecular formula is C15H12BrCl2N2OS-. The summed E-state index contributed by atoms with van der Waals surface area (Å²) in [5.74, 6) is 0. The number of aliphatic hydroxyl groups excluding tert-OH is 1. The largest absolute Gasteiger partial charge is 1.00 e. The number of aliphatic hydroxyl groups is 1. The highest BCUT2D eigenvalue weighted by Gasteiger charge is 2.13. The van der Waals surface area contributed by atoms with Gasteiger partial charge >= 0.3 is 0 Å². The van der Waals surface area contributed by atoms with Crippen LogP contribution in [0.5, 0.6) is 0 Å². The number of nitrogens with one attached hydrogen (secondary N) is 1. The minimum atomic E-state index is -0.744. The summed E-state index contributed by atoms with van der Waals surface area (Å²) in [5.41, 5.74) is 1.64. The van der Waals surface area contributed by atoms with Crippen LogP contribution in [0.25, 0.3) is 10.2 Å². The molecule has 0 fully saturated rings. The van der Waals surface area contributed by atoms with Gasteiger partial charge in [0.05, 0.1) is 32.9 Å². The zero-order valence-corrected chi connectivity index (χ0v) is 15.2. The van der Waals surface area contributed by atoms with E-state index >= 15 is 0 Å². The second-order valence-electron chi connectivity index (χ2n) is 4.67. The maximum absolute atomic E-state index is 10.4. The van der Waals surface area contributed by atoms with Crippen molar-refractivity contribution in [3.05, 3.63) is 62.9 Å². The number of para-hydroxylation sites is 1. The molecule has 22 heavy (non-hydrogen) atoms. The molecule has 3 nitrogen and oxygen atoms in total. The van der Waals surface area contributed by atoms with E-state index in [2.05, 4.69) is 0 Å². The Morgan fingerprint density at radius 1 is 1.14 bits per heavy atom. The van der Waals surface area contributed by atoms with Gasteiger partial charge in [-0.3, -0.25) is 5.41 Å². The standard InChI is InChI=1S/C15H12Cl2N2OS.BrH/c16-10-6-5-9(7-11(10)17)13(20)8-19-12-3-1-2-4-14(12)21-15(19)18;/h1-7,13,18,20H,8H2;1H/p-1. The fourth-order valence-corrected chi connectivity index (χ4v) is 3.44. The summed E-state index contributed by atoms with van der Waals surface area (Å²) in [4.78, 5) is 0.412. The third-order valence-corrected chi connectivity index (χ3v) is 5.01. The molecule has 0 saturated heterocycles. The minimum absolute atomic E-state index is 0. The molecule has 116 valence electrons. The number of hydrogen-bond donors (Lipinski definition) is 2. The van der Waals surface area contributed by atoms with Crippen LogP contribution in [0.1, 0.15) is 11.7 Å². The first-order valence-electron chi connectivity index (χ1n) is 6.32. The molecule has 0 aliphatic carbocycles. The Morgan fingerprint density at radius 2 is 1.86 bits per heavy atom. The van der Waals surface area contributed by atoms with Gasteiger partial charge in [-0.2, -0.15) is 0 Å². The lowest BCUT2D eigenvalue weighted by Gasteiger charge is -2.13. The molecule has 0 aliphatic rings. The molecule has 1 atom stereocenters. The van der Waals surface area contributed by atoms with Crippen molar-refractivity contribution in [3.63, 3.8) is 0 Å². The molecule has 3 aromatic rings. The number of hydrogen-bond acceptors (Lipinski definition) is 3. The van der Waals surface area contributed by atoms with Crippen LogP contribution in [0, 0.1) is 5.41 Å². The lowest BCUT2D eigenvalue weighted by molar-refractivity contribution is -0.00000595. The average Bonchev–Trinajstić information content (AvgIpc) is 2.78.